The Hall–Kier alpha value is -2.52. The van der Waals surface area contributed by atoms with Crippen LogP contribution in [0.4, 0.5) is 11.5 Å². The molecule has 144 valence electrons. The third-order valence-corrected chi connectivity index (χ3v) is 6.32. The van der Waals surface area contributed by atoms with Crippen molar-refractivity contribution in [3.05, 3.63) is 42.6 Å². The van der Waals surface area contributed by atoms with E-state index in [0.29, 0.717) is 31.9 Å². The third kappa shape index (κ3) is 4.42. The minimum atomic E-state index is -3.57. The minimum Gasteiger partial charge on any atom is -0.352 e. The molecule has 1 aliphatic heterocycles. The van der Waals surface area contributed by atoms with E-state index < -0.39 is 10.0 Å². The molecule has 2 aromatic rings. The van der Waals surface area contributed by atoms with Crippen LogP contribution >= 0.6 is 0 Å². The number of carbonyl (C=O) groups excluding carboxylic acids is 1. The Morgan fingerprint density at radius 3 is 2.30 bits per heavy atom. The molecule has 0 unspecified atom stereocenters. The summed E-state index contributed by atoms with van der Waals surface area (Å²) in [4.78, 5) is 14.0. The fourth-order valence-corrected chi connectivity index (χ4v) is 4.19. The number of nitrogens with zero attached hydrogens (tertiary/aromatic N) is 4. The Bertz CT molecular complexity index is 877. The average Bonchev–Trinajstić information content (AvgIpc) is 2.69. The molecule has 0 bridgehead atoms. The van der Waals surface area contributed by atoms with Crippen LogP contribution in [-0.2, 0) is 14.8 Å². The zero-order valence-electron chi connectivity index (χ0n) is 15.4. The quantitative estimate of drug-likeness (QED) is 0.834. The number of sulfonamides is 1. The first-order valence-electron chi connectivity index (χ1n) is 8.81. The molecule has 1 saturated heterocycles. The monoisotopic (exact) mass is 389 g/mol. The number of piperazine rings is 1. The van der Waals surface area contributed by atoms with Crippen molar-refractivity contribution < 1.29 is 13.2 Å². The van der Waals surface area contributed by atoms with Crippen LogP contribution in [0.25, 0.3) is 0 Å². The number of hydrogen-bond acceptors (Lipinski definition) is 6. The van der Waals surface area contributed by atoms with E-state index in [0.717, 1.165) is 5.82 Å². The lowest BCUT2D eigenvalue weighted by atomic mass is 10.2. The molecule has 1 aliphatic rings. The molecule has 27 heavy (non-hydrogen) atoms. The zero-order chi connectivity index (χ0) is 19.4. The van der Waals surface area contributed by atoms with Crippen molar-refractivity contribution in [2.45, 2.75) is 18.7 Å². The third-order valence-electron chi connectivity index (χ3n) is 4.40. The van der Waals surface area contributed by atoms with E-state index in [1.54, 1.807) is 32.2 Å². The number of amides is 1. The van der Waals surface area contributed by atoms with E-state index in [1.807, 2.05) is 17.0 Å². The van der Waals surface area contributed by atoms with Crippen molar-refractivity contribution in [3.63, 3.8) is 0 Å². The van der Waals surface area contributed by atoms with Crippen LogP contribution in [0.2, 0.25) is 0 Å². The molecular weight excluding hydrogens is 366 g/mol. The topological polar surface area (TPSA) is 95.5 Å². The van der Waals surface area contributed by atoms with Gasteiger partial charge in [0.25, 0.3) is 0 Å². The maximum atomic E-state index is 12.9. The molecule has 9 heteroatoms. The van der Waals surface area contributed by atoms with Gasteiger partial charge >= 0.3 is 0 Å². The van der Waals surface area contributed by atoms with Crippen LogP contribution in [0.3, 0.4) is 0 Å². The highest BCUT2D eigenvalue weighted by Crippen LogP contribution is 2.21. The van der Waals surface area contributed by atoms with Gasteiger partial charge in [-0.15, -0.1) is 5.10 Å². The molecule has 1 amide bonds. The van der Waals surface area contributed by atoms with Crippen LogP contribution < -0.4 is 10.2 Å². The summed E-state index contributed by atoms with van der Waals surface area (Å²) in [6.45, 7) is 5.47. The number of nitrogens with one attached hydrogen (secondary N) is 1. The molecule has 0 spiro atoms. The molecular formula is C18H23N5O3S. The van der Waals surface area contributed by atoms with E-state index >= 15 is 0 Å². The number of benzene rings is 1. The second-order valence-electron chi connectivity index (χ2n) is 6.64. The molecule has 1 aromatic carbocycles. The Labute approximate surface area is 159 Å². The molecule has 1 fully saturated rings. The summed E-state index contributed by atoms with van der Waals surface area (Å²) in [7, 11) is -3.57. The molecule has 8 nitrogen and oxygen atoms in total. The number of hydrogen-bond donors (Lipinski definition) is 1. The fraction of sp³-hybridized carbons (Fsp3) is 0.389. The van der Waals surface area contributed by atoms with E-state index in [9.17, 15) is 13.2 Å². The van der Waals surface area contributed by atoms with Crippen LogP contribution in [0.15, 0.2) is 47.5 Å². The van der Waals surface area contributed by atoms with Gasteiger partial charge in [0.1, 0.15) is 0 Å². The van der Waals surface area contributed by atoms with Gasteiger partial charge in [0, 0.05) is 44.0 Å². The molecule has 3 rings (SSSR count). The maximum absolute atomic E-state index is 12.9. The first-order chi connectivity index (χ1) is 12.9. The average molecular weight is 389 g/mol. The van der Waals surface area contributed by atoms with Crippen molar-refractivity contribution in [1.29, 1.82) is 0 Å². The number of aromatic nitrogens is 2. The predicted octanol–water partition coefficient (Wildman–Crippen LogP) is 1.58. The van der Waals surface area contributed by atoms with Crippen LogP contribution in [0.1, 0.15) is 13.8 Å². The number of anilines is 2. The molecule has 2 heterocycles. The summed E-state index contributed by atoms with van der Waals surface area (Å²) in [5, 5.41) is 10.7. The molecule has 0 saturated carbocycles. The minimum absolute atomic E-state index is 0.106. The Balaban J connectivity index is 1.66. The van der Waals surface area contributed by atoms with Crippen molar-refractivity contribution in [1.82, 2.24) is 14.5 Å². The fourth-order valence-electron chi connectivity index (χ4n) is 2.77. The standard InChI is InChI=1S/C18H23N5O3S/c1-14(2)18(24)20-15-5-7-16(8-6-15)27(25,26)23-12-10-22(11-13-23)17-4-3-9-19-21-17/h3-9,14H,10-13H2,1-2H3,(H,20,24). The van der Waals surface area contributed by atoms with Crippen LogP contribution in [0, 0.1) is 5.92 Å². The highest BCUT2D eigenvalue weighted by atomic mass is 32.2. The van der Waals surface area contributed by atoms with E-state index in [4.69, 9.17) is 0 Å². The highest BCUT2D eigenvalue weighted by molar-refractivity contribution is 7.89. The SMILES string of the molecule is CC(C)C(=O)Nc1ccc(S(=O)(=O)N2CCN(c3cccnn3)CC2)cc1. The summed E-state index contributed by atoms with van der Waals surface area (Å²) >= 11 is 0. The van der Waals surface area contributed by atoms with Crippen LogP contribution in [-0.4, -0.2) is 55.0 Å². The van der Waals surface area contributed by atoms with Crippen LogP contribution in [0.5, 0.6) is 0 Å². The van der Waals surface area contributed by atoms with Gasteiger partial charge in [0.05, 0.1) is 4.90 Å². The lowest BCUT2D eigenvalue weighted by Gasteiger charge is -2.34. The second kappa shape index (κ2) is 8.01. The van der Waals surface area contributed by atoms with Gasteiger partial charge in [-0.05, 0) is 36.4 Å². The van der Waals surface area contributed by atoms with Crippen molar-refractivity contribution in [3.8, 4) is 0 Å². The Morgan fingerprint density at radius 1 is 1.07 bits per heavy atom. The van der Waals surface area contributed by atoms with E-state index in [-0.39, 0.29) is 16.7 Å². The molecule has 1 N–H and O–H groups in total. The summed E-state index contributed by atoms with van der Waals surface area (Å²) in [6, 6.07) is 9.96. The van der Waals surface area contributed by atoms with Crippen molar-refractivity contribution >= 4 is 27.4 Å². The van der Waals surface area contributed by atoms with Gasteiger partial charge in [0.15, 0.2) is 5.82 Å². The molecule has 0 radical (unpaired) electrons. The van der Waals surface area contributed by atoms with Gasteiger partial charge in [-0.3, -0.25) is 4.79 Å². The highest BCUT2D eigenvalue weighted by Gasteiger charge is 2.29. The summed E-state index contributed by atoms with van der Waals surface area (Å²) in [6.07, 6.45) is 1.61. The predicted molar refractivity (Wildman–Crippen MR) is 103 cm³/mol. The van der Waals surface area contributed by atoms with Crippen molar-refractivity contribution in [2.24, 2.45) is 5.92 Å². The Morgan fingerprint density at radius 2 is 1.74 bits per heavy atom. The number of carbonyl (C=O) groups is 1. The summed E-state index contributed by atoms with van der Waals surface area (Å²) in [5.74, 6) is 0.504. The van der Waals surface area contributed by atoms with Gasteiger partial charge < -0.3 is 10.2 Å². The van der Waals surface area contributed by atoms with E-state index in [2.05, 4.69) is 15.5 Å². The zero-order valence-corrected chi connectivity index (χ0v) is 16.2. The second-order valence-corrected chi connectivity index (χ2v) is 8.58. The largest absolute Gasteiger partial charge is 0.352 e. The first kappa shape index (κ1) is 19.2. The lowest BCUT2D eigenvalue weighted by molar-refractivity contribution is -0.118. The summed E-state index contributed by atoms with van der Waals surface area (Å²) in [5.41, 5.74) is 0.583. The van der Waals surface area contributed by atoms with Gasteiger partial charge in [-0.2, -0.15) is 9.40 Å². The van der Waals surface area contributed by atoms with Gasteiger partial charge in [0.2, 0.25) is 15.9 Å². The summed E-state index contributed by atoms with van der Waals surface area (Å²) < 4.78 is 27.2. The smallest absolute Gasteiger partial charge is 0.243 e. The van der Waals surface area contributed by atoms with Gasteiger partial charge in [-0.1, -0.05) is 13.8 Å². The molecule has 0 aliphatic carbocycles. The lowest BCUT2D eigenvalue weighted by Crippen LogP contribution is -2.48. The first-order valence-corrected chi connectivity index (χ1v) is 10.3. The van der Waals surface area contributed by atoms with E-state index in [1.165, 1.54) is 16.4 Å². The maximum Gasteiger partial charge on any atom is 0.243 e. The Kier molecular flexibility index (Phi) is 5.71. The van der Waals surface area contributed by atoms with Crippen molar-refractivity contribution in [2.75, 3.05) is 36.4 Å². The molecule has 1 aromatic heterocycles. The normalized spacial score (nSPS) is 15.7. The molecule has 0 atom stereocenters. The number of rotatable bonds is 5. The van der Waals surface area contributed by atoms with Gasteiger partial charge in [-0.25, -0.2) is 8.42 Å².